The molecule has 0 saturated carbocycles. The van der Waals surface area contributed by atoms with Crippen LogP contribution in [0, 0.1) is 5.92 Å². The fraction of sp³-hybridized carbons (Fsp3) is 0.500. The fourth-order valence-electron chi connectivity index (χ4n) is 2.86. The number of carbonyl (C=O) groups is 2. The minimum absolute atomic E-state index is 0.0628. The highest BCUT2D eigenvalue weighted by Crippen LogP contribution is 2.30. The van der Waals surface area contributed by atoms with Crippen molar-refractivity contribution in [2.45, 2.75) is 26.7 Å². The first kappa shape index (κ1) is 15.4. The second kappa shape index (κ2) is 6.16. The van der Waals surface area contributed by atoms with Crippen LogP contribution in [0.2, 0.25) is 0 Å². The summed E-state index contributed by atoms with van der Waals surface area (Å²) >= 11 is 0. The zero-order chi connectivity index (χ0) is 15.6. The van der Waals surface area contributed by atoms with E-state index in [2.05, 4.69) is 13.8 Å². The molecule has 2 rings (SSSR count). The summed E-state index contributed by atoms with van der Waals surface area (Å²) in [6.45, 7) is 5.45. The van der Waals surface area contributed by atoms with Crippen molar-refractivity contribution in [3.8, 4) is 0 Å². The lowest BCUT2D eigenvalue weighted by molar-refractivity contribution is 0.0695. The zero-order valence-electron chi connectivity index (χ0n) is 12.8. The zero-order valence-corrected chi connectivity index (χ0v) is 12.8. The first-order valence-corrected chi connectivity index (χ1v) is 7.29. The summed E-state index contributed by atoms with van der Waals surface area (Å²) in [7, 11) is 1.79. The summed E-state index contributed by atoms with van der Waals surface area (Å²) in [6, 6.07) is 5.08. The average molecular weight is 290 g/mol. The average Bonchev–Trinajstić information content (AvgIpc) is 2.44. The summed E-state index contributed by atoms with van der Waals surface area (Å²) in [4.78, 5) is 27.3. The van der Waals surface area contributed by atoms with Gasteiger partial charge in [-0.3, -0.25) is 4.90 Å². The number of benzene rings is 1. The van der Waals surface area contributed by atoms with Crippen LogP contribution in [-0.4, -0.2) is 42.1 Å². The number of carboxylic acid groups (broad SMARTS) is 1. The Kier molecular flexibility index (Phi) is 4.50. The molecule has 1 aromatic carbocycles. The summed E-state index contributed by atoms with van der Waals surface area (Å²) in [5.41, 5.74) is 1.81. The quantitative estimate of drug-likeness (QED) is 0.931. The summed E-state index contributed by atoms with van der Waals surface area (Å²) in [5.74, 6) is -0.537. The van der Waals surface area contributed by atoms with Crippen molar-refractivity contribution in [3.05, 3.63) is 29.3 Å². The van der Waals surface area contributed by atoms with Crippen molar-refractivity contribution in [2.75, 3.05) is 25.0 Å². The first-order chi connectivity index (χ1) is 9.91. The van der Waals surface area contributed by atoms with E-state index in [1.807, 2.05) is 6.07 Å². The van der Waals surface area contributed by atoms with E-state index in [0.717, 1.165) is 17.7 Å². The molecule has 1 heterocycles. The molecule has 0 fully saturated rings. The number of amides is 2. The van der Waals surface area contributed by atoms with E-state index in [4.69, 9.17) is 0 Å². The minimum Gasteiger partial charge on any atom is -0.478 e. The maximum Gasteiger partial charge on any atom is 0.336 e. The van der Waals surface area contributed by atoms with Crippen LogP contribution in [0.15, 0.2) is 18.2 Å². The molecule has 0 aliphatic carbocycles. The lowest BCUT2D eigenvalue weighted by Crippen LogP contribution is -2.45. The Hall–Kier alpha value is -2.04. The van der Waals surface area contributed by atoms with Gasteiger partial charge in [0, 0.05) is 25.8 Å². The van der Waals surface area contributed by atoms with Gasteiger partial charge in [0.15, 0.2) is 0 Å². The van der Waals surface area contributed by atoms with Crippen molar-refractivity contribution in [1.29, 1.82) is 0 Å². The second-order valence-corrected chi connectivity index (χ2v) is 5.92. The van der Waals surface area contributed by atoms with Gasteiger partial charge in [-0.2, -0.15) is 0 Å². The number of aromatic carboxylic acids is 1. The smallest absolute Gasteiger partial charge is 0.336 e. The molecule has 0 radical (unpaired) electrons. The number of rotatable bonds is 3. The predicted molar refractivity (Wildman–Crippen MR) is 81.9 cm³/mol. The number of carboxylic acids is 1. The Bertz CT molecular complexity index is 554. The van der Waals surface area contributed by atoms with E-state index in [1.165, 1.54) is 0 Å². The molecule has 0 atom stereocenters. The third kappa shape index (κ3) is 3.17. The van der Waals surface area contributed by atoms with Crippen molar-refractivity contribution in [2.24, 2.45) is 5.92 Å². The van der Waals surface area contributed by atoms with Crippen LogP contribution in [0.4, 0.5) is 10.5 Å². The van der Waals surface area contributed by atoms with Gasteiger partial charge in [0.2, 0.25) is 0 Å². The van der Waals surface area contributed by atoms with Gasteiger partial charge in [0.05, 0.1) is 5.56 Å². The molecule has 0 spiro atoms. The van der Waals surface area contributed by atoms with Crippen LogP contribution in [0.1, 0.15) is 36.2 Å². The molecule has 0 saturated heterocycles. The molecule has 1 aliphatic heterocycles. The van der Waals surface area contributed by atoms with Crippen LogP contribution in [0.25, 0.3) is 0 Å². The molecule has 1 N–H and O–H groups in total. The molecule has 1 aliphatic rings. The lowest BCUT2D eigenvalue weighted by Gasteiger charge is -2.34. The molecular formula is C16H22N2O3. The SMILES string of the molecule is CC(C)CN(C)C(=O)N1CCCc2c(C(=O)O)cccc21. The number of anilines is 1. The third-order valence-corrected chi connectivity index (χ3v) is 3.68. The van der Waals surface area contributed by atoms with Crippen LogP contribution >= 0.6 is 0 Å². The van der Waals surface area contributed by atoms with Crippen LogP contribution in [0.5, 0.6) is 0 Å². The Labute approximate surface area is 125 Å². The number of hydrogen-bond acceptors (Lipinski definition) is 2. The predicted octanol–water partition coefficient (Wildman–Crippen LogP) is 2.85. The van der Waals surface area contributed by atoms with Gasteiger partial charge >= 0.3 is 12.0 Å². The van der Waals surface area contributed by atoms with E-state index in [9.17, 15) is 14.7 Å². The van der Waals surface area contributed by atoms with Crippen LogP contribution < -0.4 is 4.90 Å². The fourth-order valence-corrected chi connectivity index (χ4v) is 2.86. The minimum atomic E-state index is -0.934. The van der Waals surface area contributed by atoms with Gasteiger partial charge in [0.1, 0.15) is 0 Å². The first-order valence-electron chi connectivity index (χ1n) is 7.29. The van der Waals surface area contributed by atoms with Crippen LogP contribution in [-0.2, 0) is 6.42 Å². The molecule has 21 heavy (non-hydrogen) atoms. The molecule has 114 valence electrons. The highest BCUT2D eigenvalue weighted by Gasteiger charge is 2.27. The number of nitrogens with zero attached hydrogens (tertiary/aromatic N) is 2. The Morgan fingerprint density at radius 3 is 2.71 bits per heavy atom. The van der Waals surface area contributed by atoms with E-state index in [1.54, 1.807) is 29.0 Å². The second-order valence-electron chi connectivity index (χ2n) is 5.92. The Morgan fingerprint density at radius 2 is 2.10 bits per heavy atom. The van der Waals surface area contributed by atoms with E-state index in [0.29, 0.717) is 31.0 Å². The standard InChI is InChI=1S/C16H22N2O3/c1-11(2)10-17(3)16(21)18-9-5-7-12-13(15(19)20)6-4-8-14(12)18/h4,6,8,11H,5,7,9-10H2,1-3H3,(H,19,20). The number of fused-ring (bicyclic) bond motifs is 1. The van der Waals surface area contributed by atoms with Gasteiger partial charge in [-0.15, -0.1) is 0 Å². The summed E-state index contributed by atoms with van der Waals surface area (Å²) in [5, 5.41) is 9.28. The molecule has 2 amide bonds. The lowest BCUT2D eigenvalue weighted by atomic mass is 9.96. The van der Waals surface area contributed by atoms with Crippen molar-refractivity contribution in [3.63, 3.8) is 0 Å². The third-order valence-electron chi connectivity index (χ3n) is 3.68. The number of urea groups is 1. The van der Waals surface area contributed by atoms with E-state index in [-0.39, 0.29) is 6.03 Å². The Balaban J connectivity index is 2.32. The van der Waals surface area contributed by atoms with Crippen LogP contribution in [0.3, 0.4) is 0 Å². The van der Waals surface area contributed by atoms with Gasteiger partial charge < -0.3 is 10.0 Å². The largest absolute Gasteiger partial charge is 0.478 e. The normalized spacial score (nSPS) is 14.0. The summed E-state index contributed by atoms with van der Waals surface area (Å²) in [6.07, 6.45) is 1.49. The number of hydrogen-bond donors (Lipinski definition) is 1. The van der Waals surface area contributed by atoms with Crippen molar-refractivity contribution in [1.82, 2.24) is 4.90 Å². The van der Waals surface area contributed by atoms with Gasteiger partial charge in [-0.1, -0.05) is 19.9 Å². The van der Waals surface area contributed by atoms with Gasteiger partial charge in [-0.25, -0.2) is 9.59 Å². The molecule has 0 aromatic heterocycles. The molecule has 0 bridgehead atoms. The monoisotopic (exact) mass is 290 g/mol. The summed E-state index contributed by atoms with van der Waals surface area (Å²) < 4.78 is 0. The molecule has 5 nitrogen and oxygen atoms in total. The maximum atomic E-state index is 12.6. The highest BCUT2D eigenvalue weighted by molar-refractivity contribution is 5.97. The van der Waals surface area contributed by atoms with E-state index >= 15 is 0 Å². The maximum absolute atomic E-state index is 12.6. The Morgan fingerprint density at radius 1 is 1.38 bits per heavy atom. The highest BCUT2D eigenvalue weighted by atomic mass is 16.4. The molecule has 0 unspecified atom stereocenters. The molecule has 1 aromatic rings. The van der Waals surface area contributed by atoms with Gasteiger partial charge in [0.25, 0.3) is 0 Å². The topological polar surface area (TPSA) is 60.9 Å². The molecular weight excluding hydrogens is 268 g/mol. The molecule has 5 heteroatoms. The van der Waals surface area contributed by atoms with Crippen molar-refractivity contribution < 1.29 is 14.7 Å². The van der Waals surface area contributed by atoms with E-state index < -0.39 is 5.97 Å². The van der Waals surface area contributed by atoms with Gasteiger partial charge in [-0.05, 0) is 36.5 Å². The number of carbonyl (C=O) groups excluding carboxylic acids is 1. The van der Waals surface area contributed by atoms with Crippen molar-refractivity contribution >= 4 is 17.7 Å².